The van der Waals surface area contributed by atoms with Crippen LogP contribution in [0.1, 0.15) is 50.8 Å². The van der Waals surface area contributed by atoms with Gasteiger partial charge in [-0.15, -0.1) is 0 Å². The summed E-state index contributed by atoms with van der Waals surface area (Å²) in [4.78, 5) is 34.1. The van der Waals surface area contributed by atoms with Gasteiger partial charge in [0.2, 0.25) is 0 Å². The van der Waals surface area contributed by atoms with E-state index in [0.29, 0.717) is 24.6 Å². The number of hydrogen-bond acceptors (Lipinski definition) is 4. The lowest BCUT2D eigenvalue weighted by atomic mass is 10.1. The molecule has 2 aromatic heterocycles. The third kappa shape index (κ3) is 4.18. The summed E-state index contributed by atoms with van der Waals surface area (Å²) < 4.78 is 1.89. The number of carbonyl (C=O) groups excluding carboxylic acids is 2. The first kappa shape index (κ1) is 18.9. The van der Waals surface area contributed by atoms with Crippen molar-refractivity contribution < 1.29 is 9.59 Å². The number of benzene rings is 1. The van der Waals surface area contributed by atoms with Gasteiger partial charge in [-0.3, -0.25) is 14.6 Å². The number of imidazole rings is 1. The smallest absolute Gasteiger partial charge is 0.287 e. The normalized spacial score (nSPS) is 12.9. The number of hydrogen-bond donors (Lipinski definition) is 2. The van der Waals surface area contributed by atoms with Gasteiger partial charge in [-0.05, 0) is 61.6 Å². The van der Waals surface area contributed by atoms with Gasteiger partial charge in [0.15, 0.2) is 11.5 Å². The molecule has 0 atom stereocenters. The van der Waals surface area contributed by atoms with Crippen molar-refractivity contribution in [3.8, 4) is 0 Å². The molecule has 3 aromatic rings. The van der Waals surface area contributed by atoms with Gasteiger partial charge < -0.3 is 15.2 Å². The van der Waals surface area contributed by atoms with Crippen molar-refractivity contribution >= 4 is 17.5 Å². The van der Waals surface area contributed by atoms with E-state index in [-0.39, 0.29) is 11.8 Å². The Morgan fingerprint density at radius 3 is 2.72 bits per heavy atom. The molecular weight excluding hydrogens is 366 g/mol. The number of nitrogens with one attached hydrogen (secondary N) is 2. The van der Waals surface area contributed by atoms with Gasteiger partial charge in [0.25, 0.3) is 11.8 Å². The van der Waals surface area contributed by atoms with Gasteiger partial charge in [0.05, 0.1) is 5.69 Å². The van der Waals surface area contributed by atoms with Crippen LogP contribution in [0.25, 0.3) is 0 Å². The highest BCUT2D eigenvalue weighted by molar-refractivity contribution is 6.05. The summed E-state index contributed by atoms with van der Waals surface area (Å²) in [5, 5.41) is 5.80. The van der Waals surface area contributed by atoms with E-state index in [4.69, 9.17) is 0 Å². The predicted molar refractivity (Wildman–Crippen MR) is 110 cm³/mol. The van der Waals surface area contributed by atoms with Crippen LogP contribution >= 0.6 is 0 Å². The number of nitrogens with zero attached hydrogens (tertiary/aromatic N) is 3. The zero-order valence-corrected chi connectivity index (χ0v) is 16.3. The summed E-state index contributed by atoms with van der Waals surface area (Å²) in [6.07, 6.45) is 6.06. The first-order chi connectivity index (χ1) is 14.1. The van der Waals surface area contributed by atoms with Crippen molar-refractivity contribution in [2.75, 3.05) is 5.32 Å². The van der Waals surface area contributed by atoms with Gasteiger partial charge in [0, 0.05) is 31.2 Å². The number of rotatable bonds is 5. The largest absolute Gasteiger partial charge is 0.345 e. The van der Waals surface area contributed by atoms with Crippen molar-refractivity contribution in [2.45, 2.75) is 39.3 Å². The number of pyridine rings is 1. The van der Waals surface area contributed by atoms with Gasteiger partial charge in [-0.2, -0.15) is 0 Å². The zero-order chi connectivity index (χ0) is 20.2. The average molecular weight is 389 g/mol. The van der Waals surface area contributed by atoms with E-state index in [0.717, 1.165) is 41.8 Å². The second-order valence-corrected chi connectivity index (χ2v) is 7.20. The number of anilines is 1. The first-order valence-corrected chi connectivity index (χ1v) is 9.76. The van der Waals surface area contributed by atoms with E-state index < -0.39 is 0 Å². The van der Waals surface area contributed by atoms with E-state index in [1.54, 1.807) is 12.4 Å². The highest BCUT2D eigenvalue weighted by Gasteiger charge is 2.27. The maximum absolute atomic E-state index is 12.9. The molecular formula is C22H23N5O2. The van der Waals surface area contributed by atoms with Gasteiger partial charge in [-0.25, -0.2) is 4.98 Å². The van der Waals surface area contributed by atoms with Crippen LogP contribution in [-0.4, -0.2) is 26.3 Å². The maximum atomic E-state index is 12.9. The van der Waals surface area contributed by atoms with E-state index >= 15 is 0 Å². The third-order valence-electron chi connectivity index (χ3n) is 5.01. The molecule has 7 heteroatoms. The number of fused-ring (bicyclic) bond motifs is 1. The molecule has 4 rings (SSSR count). The molecule has 1 aliphatic heterocycles. The lowest BCUT2D eigenvalue weighted by molar-refractivity contribution is 0.0935. The van der Waals surface area contributed by atoms with Crippen LogP contribution in [0.5, 0.6) is 0 Å². The molecule has 29 heavy (non-hydrogen) atoms. The number of amides is 2. The zero-order valence-electron chi connectivity index (χ0n) is 16.3. The molecule has 148 valence electrons. The van der Waals surface area contributed by atoms with E-state index in [1.165, 1.54) is 0 Å². The van der Waals surface area contributed by atoms with Gasteiger partial charge in [-0.1, -0.05) is 12.1 Å². The molecule has 0 fully saturated rings. The topological polar surface area (TPSA) is 88.9 Å². The van der Waals surface area contributed by atoms with Gasteiger partial charge in [0.1, 0.15) is 0 Å². The fourth-order valence-corrected chi connectivity index (χ4v) is 3.57. The molecule has 2 amide bonds. The molecule has 0 aliphatic carbocycles. The molecule has 0 radical (unpaired) electrons. The minimum absolute atomic E-state index is 0.278. The maximum Gasteiger partial charge on any atom is 0.287 e. The summed E-state index contributed by atoms with van der Waals surface area (Å²) >= 11 is 0. The number of carbonyl (C=O) groups is 2. The lowest BCUT2D eigenvalue weighted by Gasteiger charge is -2.17. The van der Waals surface area contributed by atoms with Crippen molar-refractivity contribution in [3.63, 3.8) is 0 Å². The van der Waals surface area contributed by atoms with E-state index in [2.05, 4.69) is 20.6 Å². The molecule has 0 spiro atoms. The van der Waals surface area contributed by atoms with Crippen LogP contribution in [0, 0.1) is 6.92 Å². The van der Waals surface area contributed by atoms with Crippen LogP contribution in [0.4, 0.5) is 5.69 Å². The monoisotopic (exact) mass is 389 g/mol. The molecule has 1 aromatic carbocycles. The van der Waals surface area contributed by atoms with E-state index in [1.807, 2.05) is 47.9 Å². The molecule has 7 nitrogen and oxygen atoms in total. The Bertz CT molecular complexity index is 1040. The minimum Gasteiger partial charge on any atom is -0.345 e. The number of aromatic nitrogens is 3. The quantitative estimate of drug-likeness (QED) is 0.702. The first-order valence-electron chi connectivity index (χ1n) is 9.76. The summed E-state index contributed by atoms with van der Waals surface area (Å²) in [7, 11) is 0. The molecule has 0 saturated heterocycles. The highest BCUT2D eigenvalue weighted by atomic mass is 16.2. The average Bonchev–Trinajstić information content (AvgIpc) is 3.13. The van der Waals surface area contributed by atoms with Crippen LogP contribution < -0.4 is 10.6 Å². The van der Waals surface area contributed by atoms with Crippen molar-refractivity contribution in [1.29, 1.82) is 0 Å². The Labute approximate surface area is 169 Å². The van der Waals surface area contributed by atoms with Gasteiger partial charge >= 0.3 is 0 Å². The summed E-state index contributed by atoms with van der Waals surface area (Å²) in [5.41, 5.74) is 3.90. The van der Waals surface area contributed by atoms with Crippen molar-refractivity contribution in [2.24, 2.45) is 0 Å². The summed E-state index contributed by atoms with van der Waals surface area (Å²) in [6.45, 7) is 3.05. The van der Waals surface area contributed by atoms with Crippen LogP contribution in [0.3, 0.4) is 0 Å². The molecule has 1 aliphatic rings. The Kier molecular flexibility index (Phi) is 5.37. The highest BCUT2D eigenvalue weighted by Crippen LogP contribution is 2.22. The van der Waals surface area contributed by atoms with Crippen LogP contribution in [-0.2, 0) is 19.5 Å². The van der Waals surface area contributed by atoms with Crippen molar-refractivity contribution in [3.05, 3.63) is 77.1 Å². The van der Waals surface area contributed by atoms with Crippen LogP contribution in [0.2, 0.25) is 0 Å². The Morgan fingerprint density at radius 2 is 1.93 bits per heavy atom. The second kappa shape index (κ2) is 8.26. The molecule has 0 saturated carbocycles. The molecule has 3 heterocycles. The van der Waals surface area contributed by atoms with Crippen molar-refractivity contribution in [1.82, 2.24) is 19.9 Å². The fourth-order valence-electron chi connectivity index (χ4n) is 3.57. The Hall–Kier alpha value is -3.48. The van der Waals surface area contributed by atoms with Crippen LogP contribution in [0.15, 0.2) is 48.8 Å². The second-order valence-electron chi connectivity index (χ2n) is 7.20. The molecule has 0 unspecified atom stereocenters. The Morgan fingerprint density at radius 1 is 1.10 bits per heavy atom. The standard InChI is InChI=1S/C22H23N5O2/c1-15-5-4-6-17(13-15)25-21(28)19-18-7-2-3-12-27(18)20(26-19)22(29)24-14-16-8-10-23-11-9-16/h4-6,8-11,13H,2-3,7,12,14H2,1H3,(H,24,29)(H,25,28). The van der Waals surface area contributed by atoms with E-state index in [9.17, 15) is 9.59 Å². The third-order valence-corrected chi connectivity index (χ3v) is 5.01. The lowest BCUT2D eigenvalue weighted by Crippen LogP contribution is -2.27. The Balaban J connectivity index is 1.56. The predicted octanol–water partition coefficient (Wildman–Crippen LogP) is 3.11. The molecule has 2 N–H and O–H groups in total. The minimum atomic E-state index is -0.283. The summed E-state index contributed by atoms with van der Waals surface area (Å²) in [6, 6.07) is 11.3. The number of aryl methyl sites for hydroxylation is 1. The SMILES string of the molecule is Cc1cccc(NC(=O)c2nc(C(=O)NCc3ccncc3)n3c2CCCC3)c1. The fraction of sp³-hybridized carbons (Fsp3) is 0.273. The molecule has 0 bridgehead atoms. The summed E-state index contributed by atoms with van der Waals surface area (Å²) in [5.74, 6) is -0.267.